The molecule has 0 N–H and O–H groups in total. The molecule has 94 valence electrons. The Morgan fingerprint density at radius 3 is 2.35 bits per heavy atom. The molecule has 0 spiro atoms. The summed E-state index contributed by atoms with van der Waals surface area (Å²) in [5, 5.41) is 0. The lowest BCUT2D eigenvalue weighted by atomic mass is 9.95. The van der Waals surface area contributed by atoms with Gasteiger partial charge in [-0.05, 0) is 30.7 Å². The Balaban J connectivity index is 2.70. The fourth-order valence-corrected chi connectivity index (χ4v) is 1.65. The van der Waals surface area contributed by atoms with E-state index in [9.17, 15) is 13.6 Å². The molecule has 0 heterocycles. The van der Waals surface area contributed by atoms with Gasteiger partial charge < -0.3 is 4.74 Å². The van der Waals surface area contributed by atoms with Crippen LogP contribution in [0, 0.1) is 5.92 Å². The minimum atomic E-state index is -2.84. The second-order valence-electron chi connectivity index (χ2n) is 3.96. The van der Waals surface area contributed by atoms with Crippen LogP contribution >= 0.6 is 0 Å². The summed E-state index contributed by atoms with van der Waals surface area (Å²) in [6.07, 6.45) is 1.77. The summed E-state index contributed by atoms with van der Waals surface area (Å²) in [6, 6.07) is 5.81. The van der Waals surface area contributed by atoms with Crippen LogP contribution in [-0.4, -0.2) is 12.4 Å². The highest BCUT2D eigenvalue weighted by molar-refractivity contribution is 5.97. The standard InChI is InChI=1S/C13H16F2O2/c1-3-4-9(2)12(16)10-5-7-11(8-6-10)17-13(14)15/h5-9,13H,3-4H2,1-2H3. The van der Waals surface area contributed by atoms with Crippen molar-refractivity contribution in [3.8, 4) is 5.75 Å². The van der Waals surface area contributed by atoms with Crippen LogP contribution in [0.5, 0.6) is 5.75 Å². The number of alkyl halides is 2. The lowest BCUT2D eigenvalue weighted by molar-refractivity contribution is -0.0498. The normalized spacial score (nSPS) is 12.5. The van der Waals surface area contributed by atoms with Gasteiger partial charge in [-0.1, -0.05) is 20.3 Å². The number of ether oxygens (including phenoxy) is 1. The number of ketones is 1. The molecule has 0 aliphatic carbocycles. The lowest BCUT2D eigenvalue weighted by Crippen LogP contribution is -2.11. The van der Waals surface area contributed by atoms with Gasteiger partial charge in [-0.15, -0.1) is 0 Å². The molecule has 0 saturated carbocycles. The van der Waals surface area contributed by atoms with Crippen molar-refractivity contribution in [2.45, 2.75) is 33.3 Å². The zero-order chi connectivity index (χ0) is 12.8. The quantitative estimate of drug-likeness (QED) is 0.707. The summed E-state index contributed by atoms with van der Waals surface area (Å²) in [5.74, 6) is 0.0667. The molecule has 1 unspecified atom stereocenters. The average Bonchev–Trinajstić information content (AvgIpc) is 2.28. The highest BCUT2D eigenvalue weighted by Gasteiger charge is 2.14. The molecule has 0 aliphatic rings. The molecule has 1 atom stereocenters. The van der Waals surface area contributed by atoms with Crippen molar-refractivity contribution in [1.82, 2.24) is 0 Å². The largest absolute Gasteiger partial charge is 0.435 e. The maximum Gasteiger partial charge on any atom is 0.387 e. The summed E-state index contributed by atoms with van der Waals surface area (Å²) >= 11 is 0. The van der Waals surface area contributed by atoms with Crippen LogP contribution in [0.25, 0.3) is 0 Å². The van der Waals surface area contributed by atoms with Gasteiger partial charge in [0.25, 0.3) is 0 Å². The van der Waals surface area contributed by atoms with E-state index in [1.165, 1.54) is 24.3 Å². The first-order valence-corrected chi connectivity index (χ1v) is 5.63. The molecular weight excluding hydrogens is 226 g/mol. The molecule has 1 aromatic carbocycles. The van der Waals surface area contributed by atoms with Gasteiger partial charge in [0.05, 0.1) is 0 Å². The smallest absolute Gasteiger partial charge is 0.387 e. The van der Waals surface area contributed by atoms with Crippen LogP contribution in [0.2, 0.25) is 0 Å². The second-order valence-corrected chi connectivity index (χ2v) is 3.96. The summed E-state index contributed by atoms with van der Waals surface area (Å²) in [4.78, 5) is 11.9. The van der Waals surface area contributed by atoms with Gasteiger partial charge in [0, 0.05) is 11.5 Å². The first-order chi connectivity index (χ1) is 8.04. The number of Topliss-reactive ketones (excluding diaryl/α,β-unsaturated/α-hetero) is 1. The predicted octanol–water partition coefficient (Wildman–Crippen LogP) is 3.91. The van der Waals surface area contributed by atoms with Crippen molar-refractivity contribution < 1.29 is 18.3 Å². The van der Waals surface area contributed by atoms with Gasteiger partial charge >= 0.3 is 6.61 Å². The van der Waals surface area contributed by atoms with E-state index in [0.717, 1.165) is 12.8 Å². The predicted molar refractivity (Wildman–Crippen MR) is 61.5 cm³/mol. The van der Waals surface area contributed by atoms with E-state index in [1.807, 2.05) is 13.8 Å². The molecule has 0 bridgehead atoms. The van der Waals surface area contributed by atoms with E-state index in [0.29, 0.717) is 5.56 Å². The van der Waals surface area contributed by atoms with Crippen molar-refractivity contribution in [2.24, 2.45) is 5.92 Å². The zero-order valence-corrected chi connectivity index (χ0v) is 9.95. The molecule has 0 saturated heterocycles. The van der Waals surface area contributed by atoms with Gasteiger partial charge in [-0.3, -0.25) is 4.79 Å². The summed E-state index contributed by atoms with van der Waals surface area (Å²) in [7, 11) is 0. The molecule has 4 heteroatoms. The van der Waals surface area contributed by atoms with E-state index < -0.39 is 6.61 Å². The zero-order valence-electron chi connectivity index (χ0n) is 9.95. The Morgan fingerprint density at radius 1 is 1.29 bits per heavy atom. The van der Waals surface area contributed by atoms with Crippen LogP contribution in [0.1, 0.15) is 37.0 Å². The first kappa shape index (κ1) is 13.6. The topological polar surface area (TPSA) is 26.3 Å². The Labute approximate surface area is 99.6 Å². The molecule has 0 aromatic heterocycles. The maximum absolute atomic E-state index is 11.9. The van der Waals surface area contributed by atoms with Gasteiger partial charge in [-0.2, -0.15) is 8.78 Å². The Bertz CT molecular complexity index is 360. The van der Waals surface area contributed by atoms with E-state index in [-0.39, 0.29) is 17.5 Å². The average molecular weight is 242 g/mol. The molecule has 0 aliphatic heterocycles. The van der Waals surface area contributed by atoms with Gasteiger partial charge in [0.1, 0.15) is 5.75 Å². The number of benzene rings is 1. The number of carbonyl (C=O) groups is 1. The van der Waals surface area contributed by atoms with Crippen molar-refractivity contribution in [3.63, 3.8) is 0 Å². The maximum atomic E-state index is 11.9. The SMILES string of the molecule is CCCC(C)C(=O)c1ccc(OC(F)F)cc1. The molecule has 1 aromatic rings. The molecule has 0 fully saturated rings. The van der Waals surface area contributed by atoms with Crippen molar-refractivity contribution >= 4 is 5.78 Å². The number of carbonyl (C=O) groups excluding carboxylic acids is 1. The fraction of sp³-hybridized carbons (Fsp3) is 0.462. The van der Waals surface area contributed by atoms with Crippen molar-refractivity contribution in [3.05, 3.63) is 29.8 Å². The van der Waals surface area contributed by atoms with Crippen molar-refractivity contribution in [2.75, 3.05) is 0 Å². The van der Waals surface area contributed by atoms with Crippen LogP contribution in [0.15, 0.2) is 24.3 Å². The van der Waals surface area contributed by atoms with E-state index in [1.54, 1.807) is 0 Å². The third-order valence-corrected chi connectivity index (χ3v) is 2.53. The fourth-order valence-electron chi connectivity index (χ4n) is 1.65. The minimum absolute atomic E-state index is 0.0375. The van der Waals surface area contributed by atoms with Crippen LogP contribution in [0.4, 0.5) is 8.78 Å². The molecule has 2 nitrogen and oxygen atoms in total. The van der Waals surface area contributed by atoms with Crippen LogP contribution in [-0.2, 0) is 0 Å². The second kappa shape index (κ2) is 6.33. The lowest BCUT2D eigenvalue weighted by Gasteiger charge is -2.09. The Morgan fingerprint density at radius 2 is 1.88 bits per heavy atom. The molecule has 0 radical (unpaired) electrons. The minimum Gasteiger partial charge on any atom is -0.435 e. The third kappa shape index (κ3) is 4.13. The first-order valence-electron chi connectivity index (χ1n) is 5.63. The van der Waals surface area contributed by atoms with Crippen LogP contribution < -0.4 is 4.74 Å². The number of halogens is 2. The molecule has 0 amide bonds. The summed E-state index contributed by atoms with van der Waals surface area (Å²) in [6.45, 7) is 1.05. The van der Waals surface area contributed by atoms with Crippen LogP contribution in [0.3, 0.4) is 0 Å². The van der Waals surface area contributed by atoms with Gasteiger partial charge in [0.2, 0.25) is 0 Å². The van der Waals surface area contributed by atoms with E-state index in [4.69, 9.17) is 0 Å². The monoisotopic (exact) mass is 242 g/mol. The Hall–Kier alpha value is -1.45. The highest BCUT2D eigenvalue weighted by atomic mass is 19.3. The van der Waals surface area contributed by atoms with Gasteiger partial charge in [0.15, 0.2) is 5.78 Å². The summed E-state index contributed by atoms with van der Waals surface area (Å²) < 4.78 is 28.1. The summed E-state index contributed by atoms with van der Waals surface area (Å²) in [5.41, 5.74) is 0.535. The third-order valence-electron chi connectivity index (χ3n) is 2.53. The molecule has 17 heavy (non-hydrogen) atoms. The Kier molecular flexibility index (Phi) is 5.07. The number of hydrogen-bond donors (Lipinski definition) is 0. The molecule has 1 rings (SSSR count). The highest BCUT2D eigenvalue weighted by Crippen LogP contribution is 2.18. The van der Waals surface area contributed by atoms with E-state index in [2.05, 4.69) is 4.74 Å². The number of rotatable bonds is 6. The van der Waals surface area contributed by atoms with E-state index >= 15 is 0 Å². The van der Waals surface area contributed by atoms with Crippen molar-refractivity contribution in [1.29, 1.82) is 0 Å². The number of hydrogen-bond acceptors (Lipinski definition) is 2. The van der Waals surface area contributed by atoms with Gasteiger partial charge in [-0.25, -0.2) is 0 Å². The molecular formula is C13H16F2O2.